The number of hydrogen-bond acceptors (Lipinski definition) is 5. The van der Waals surface area contributed by atoms with E-state index in [0.717, 1.165) is 11.3 Å². The predicted molar refractivity (Wildman–Crippen MR) is 50.2 cm³/mol. The van der Waals surface area contributed by atoms with E-state index in [1.165, 1.54) is 0 Å². The predicted octanol–water partition coefficient (Wildman–Crippen LogP) is 0.899. The zero-order valence-electron chi connectivity index (χ0n) is 7.77. The molecule has 14 heavy (non-hydrogen) atoms. The third-order valence-corrected chi connectivity index (χ3v) is 1.91. The van der Waals surface area contributed by atoms with Crippen molar-refractivity contribution in [3.63, 3.8) is 0 Å². The molecule has 2 aromatic heterocycles. The Morgan fingerprint density at radius 3 is 3.00 bits per heavy atom. The monoisotopic (exact) mass is 190 g/mol. The number of aryl methyl sites for hydroxylation is 1. The minimum Gasteiger partial charge on any atom is -0.325 e. The highest BCUT2D eigenvalue weighted by atomic mass is 16.6. The average molecular weight is 190 g/mol. The Hall–Kier alpha value is -1.75. The van der Waals surface area contributed by atoms with Crippen molar-refractivity contribution in [3.8, 4) is 11.4 Å². The number of rotatable bonds is 2. The molecule has 0 atom stereocenters. The molecule has 72 valence electrons. The van der Waals surface area contributed by atoms with Gasteiger partial charge in [0.15, 0.2) is 5.69 Å². The van der Waals surface area contributed by atoms with Gasteiger partial charge >= 0.3 is 0 Å². The molecule has 2 rings (SSSR count). The number of aromatic nitrogens is 3. The van der Waals surface area contributed by atoms with Crippen molar-refractivity contribution in [2.75, 3.05) is 0 Å². The SMILES string of the molecule is Cc1ccnc(-c2nonc2CN)c1. The van der Waals surface area contributed by atoms with E-state index in [1.54, 1.807) is 6.20 Å². The van der Waals surface area contributed by atoms with Gasteiger partial charge < -0.3 is 5.73 Å². The molecule has 0 fully saturated rings. The van der Waals surface area contributed by atoms with Crippen molar-refractivity contribution >= 4 is 0 Å². The molecule has 5 nitrogen and oxygen atoms in total. The summed E-state index contributed by atoms with van der Waals surface area (Å²) in [6.45, 7) is 2.29. The second-order valence-electron chi connectivity index (χ2n) is 2.98. The summed E-state index contributed by atoms with van der Waals surface area (Å²) in [5.41, 5.74) is 8.58. The van der Waals surface area contributed by atoms with E-state index < -0.39 is 0 Å². The Labute approximate surface area is 80.9 Å². The summed E-state index contributed by atoms with van der Waals surface area (Å²) in [6.07, 6.45) is 1.72. The molecule has 2 aromatic rings. The molecular formula is C9H10N4O. The van der Waals surface area contributed by atoms with E-state index in [9.17, 15) is 0 Å². The Kier molecular flexibility index (Phi) is 2.24. The molecule has 0 bridgehead atoms. The lowest BCUT2D eigenvalue weighted by Gasteiger charge is -1.97. The van der Waals surface area contributed by atoms with E-state index in [-0.39, 0.29) is 0 Å². The molecule has 0 unspecified atom stereocenters. The van der Waals surface area contributed by atoms with Crippen LogP contribution >= 0.6 is 0 Å². The number of pyridine rings is 1. The second-order valence-corrected chi connectivity index (χ2v) is 2.98. The molecule has 2 heterocycles. The highest BCUT2D eigenvalue weighted by Crippen LogP contribution is 2.17. The van der Waals surface area contributed by atoms with Gasteiger partial charge in [-0.3, -0.25) is 4.98 Å². The van der Waals surface area contributed by atoms with Crippen LogP contribution in [0.15, 0.2) is 23.0 Å². The van der Waals surface area contributed by atoms with Gasteiger partial charge in [0.25, 0.3) is 0 Å². The second kappa shape index (κ2) is 3.55. The van der Waals surface area contributed by atoms with E-state index in [1.807, 2.05) is 19.1 Å². The van der Waals surface area contributed by atoms with E-state index >= 15 is 0 Å². The summed E-state index contributed by atoms with van der Waals surface area (Å²) in [4.78, 5) is 4.17. The van der Waals surface area contributed by atoms with Crippen molar-refractivity contribution in [1.82, 2.24) is 15.3 Å². The molecule has 0 amide bonds. The van der Waals surface area contributed by atoms with Crippen LogP contribution in [0.1, 0.15) is 11.3 Å². The van der Waals surface area contributed by atoms with Crippen molar-refractivity contribution in [2.45, 2.75) is 13.5 Å². The Balaban J connectivity index is 2.49. The van der Waals surface area contributed by atoms with Gasteiger partial charge in [-0.1, -0.05) is 5.16 Å². The largest absolute Gasteiger partial charge is 0.325 e. The normalized spacial score (nSPS) is 10.4. The highest BCUT2D eigenvalue weighted by Gasteiger charge is 2.11. The van der Waals surface area contributed by atoms with Gasteiger partial charge in [0.2, 0.25) is 0 Å². The molecule has 2 N–H and O–H groups in total. The topological polar surface area (TPSA) is 77.8 Å². The summed E-state index contributed by atoms with van der Waals surface area (Å²) in [6, 6.07) is 3.83. The van der Waals surface area contributed by atoms with Gasteiger partial charge in [0.05, 0.1) is 5.69 Å². The Morgan fingerprint density at radius 2 is 2.29 bits per heavy atom. The molecule has 0 aliphatic rings. The molecule has 5 heteroatoms. The van der Waals surface area contributed by atoms with Gasteiger partial charge in [-0.2, -0.15) is 0 Å². The highest BCUT2D eigenvalue weighted by molar-refractivity contribution is 5.56. The summed E-state index contributed by atoms with van der Waals surface area (Å²) < 4.78 is 4.61. The first-order valence-corrected chi connectivity index (χ1v) is 4.26. The van der Waals surface area contributed by atoms with Crippen molar-refractivity contribution in [2.24, 2.45) is 5.73 Å². The standard InChI is InChI=1S/C9H10N4O/c1-6-2-3-11-7(4-6)9-8(5-10)12-14-13-9/h2-4H,5,10H2,1H3. The summed E-state index contributed by atoms with van der Waals surface area (Å²) in [7, 11) is 0. The van der Waals surface area contributed by atoms with Crippen LogP contribution in [0.2, 0.25) is 0 Å². The van der Waals surface area contributed by atoms with Crippen molar-refractivity contribution < 1.29 is 4.63 Å². The fourth-order valence-corrected chi connectivity index (χ4v) is 1.20. The zero-order valence-corrected chi connectivity index (χ0v) is 7.77. The third kappa shape index (κ3) is 1.49. The zero-order chi connectivity index (χ0) is 9.97. The maximum atomic E-state index is 5.48. The van der Waals surface area contributed by atoms with Gasteiger partial charge in [0, 0.05) is 12.7 Å². The van der Waals surface area contributed by atoms with Crippen molar-refractivity contribution in [3.05, 3.63) is 29.6 Å². The molecule has 0 aliphatic carbocycles. The van der Waals surface area contributed by atoms with E-state index in [4.69, 9.17) is 5.73 Å². The smallest absolute Gasteiger partial charge is 0.157 e. The Bertz CT molecular complexity index is 438. The van der Waals surface area contributed by atoms with Crippen molar-refractivity contribution in [1.29, 1.82) is 0 Å². The maximum absolute atomic E-state index is 5.48. The molecule has 0 spiro atoms. The van der Waals surface area contributed by atoms with Gasteiger partial charge in [0.1, 0.15) is 5.69 Å². The van der Waals surface area contributed by atoms with Crippen LogP contribution in [0.4, 0.5) is 0 Å². The van der Waals surface area contributed by atoms with Gasteiger partial charge in [-0.05, 0) is 29.8 Å². The van der Waals surface area contributed by atoms with Crippen LogP contribution in [0.3, 0.4) is 0 Å². The first-order chi connectivity index (χ1) is 6.81. The van der Waals surface area contributed by atoms with Crippen LogP contribution in [0.25, 0.3) is 11.4 Å². The Morgan fingerprint density at radius 1 is 1.43 bits per heavy atom. The van der Waals surface area contributed by atoms with E-state index in [0.29, 0.717) is 17.9 Å². The van der Waals surface area contributed by atoms with Crippen LogP contribution < -0.4 is 5.73 Å². The lowest BCUT2D eigenvalue weighted by atomic mass is 10.2. The lowest BCUT2D eigenvalue weighted by molar-refractivity contribution is 0.304. The first kappa shape index (κ1) is 8.83. The molecule has 0 aromatic carbocycles. The summed E-state index contributed by atoms with van der Waals surface area (Å²) in [5, 5.41) is 7.46. The minimum atomic E-state index is 0.300. The van der Waals surface area contributed by atoms with Gasteiger partial charge in [-0.25, -0.2) is 4.63 Å². The third-order valence-electron chi connectivity index (χ3n) is 1.91. The molecule has 0 saturated carbocycles. The van der Waals surface area contributed by atoms with Crippen LogP contribution in [0.5, 0.6) is 0 Å². The quantitative estimate of drug-likeness (QED) is 0.761. The average Bonchev–Trinajstić information content (AvgIpc) is 2.65. The maximum Gasteiger partial charge on any atom is 0.157 e. The van der Waals surface area contributed by atoms with E-state index in [2.05, 4.69) is 19.9 Å². The first-order valence-electron chi connectivity index (χ1n) is 4.26. The number of hydrogen-bond donors (Lipinski definition) is 1. The number of nitrogens with zero attached hydrogens (tertiary/aromatic N) is 3. The van der Waals surface area contributed by atoms with Crippen LogP contribution in [-0.2, 0) is 6.54 Å². The molecule has 0 saturated heterocycles. The molecule has 0 aliphatic heterocycles. The molecular weight excluding hydrogens is 180 g/mol. The lowest BCUT2D eigenvalue weighted by Crippen LogP contribution is -1.99. The summed E-state index contributed by atoms with van der Waals surface area (Å²) >= 11 is 0. The fourth-order valence-electron chi connectivity index (χ4n) is 1.20. The minimum absolute atomic E-state index is 0.300. The van der Waals surface area contributed by atoms with Gasteiger partial charge in [-0.15, -0.1) is 0 Å². The molecule has 0 radical (unpaired) electrons. The fraction of sp³-hybridized carbons (Fsp3) is 0.222. The van der Waals surface area contributed by atoms with Crippen LogP contribution in [-0.4, -0.2) is 15.3 Å². The van der Waals surface area contributed by atoms with Crippen LogP contribution in [0, 0.1) is 6.92 Å². The number of nitrogens with two attached hydrogens (primary N) is 1. The summed E-state index contributed by atoms with van der Waals surface area (Å²) in [5.74, 6) is 0.